The number of halogens is 1. The fourth-order valence-corrected chi connectivity index (χ4v) is 5.28. The molecule has 1 saturated heterocycles. The molecule has 2 aliphatic carbocycles. The molecule has 2 saturated carbocycles. The normalized spacial score (nSPS) is 29.8. The van der Waals surface area contributed by atoms with Crippen molar-refractivity contribution < 1.29 is 23.5 Å². The van der Waals surface area contributed by atoms with Crippen molar-refractivity contribution in [2.75, 3.05) is 26.7 Å². The van der Waals surface area contributed by atoms with Crippen molar-refractivity contribution in [2.24, 2.45) is 5.92 Å². The molecule has 4 atom stereocenters. The Morgan fingerprint density at radius 3 is 2.47 bits per heavy atom. The second kappa shape index (κ2) is 11.0. The van der Waals surface area contributed by atoms with Crippen LogP contribution in [0.15, 0.2) is 0 Å². The van der Waals surface area contributed by atoms with Crippen LogP contribution in [-0.4, -0.2) is 78.6 Å². The van der Waals surface area contributed by atoms with Crippen LogP contribution in [0.4, 0.5) is 14.0 Å². The van der Waals surface area contributed by atoms with Crippen molar-refractivity contribution in [3.63, 3.8) is 0 Å². The summed E-state index contributed by atoms with van der Waals surface area (Å²) in [5, 5.41) is 2.87. The summed E-state index contributed by atoms with van der Waals surface area (Å²) in [6.45, 7) is 7.23. The minimum atomic E-state index is -1.02. The Kier molecular flexibility index (Phi) is 8.64. The summed E-state index contributed by atoms with van der Waals surface area (Å²) in [4.78, 5) is 28.3. The summed E-state index contributed by atoms with van der Waals surface area (Å²) in [5.41, 5.74) is -0.520. The number of alkyl carbamates (subject to hydrolysis) is 1. The second-order valence-corrected chi connectivity index (χ2v) is 10.9. The Labute approximate surface area is 192 Å². The van der Waals surface area contributed by atoms with Gasteiger partial charge in [0.15, 0.2) is 0 Å². The van der Waals surface area contributed by atoms with Gasteiger partial charge in [0.25, 0.3) is 0 Å². The molecule has 184 valence electrons. The summed E-state index contributed by atoms with van der Waals surface area (Å²) >= 11 is 0. The predicted octanol–water partition coefficient (Wildman–Crippen LogP) is 4.49. The first-order chi connectivity index (χ1) is 15.1. The molecule has 2 amide bonds. The average Bonchev–Trinajstić information content (AvgIpc) is 3.22. The Bertz CT molecular complexity index is 635. The maximum absolute atomic E-state index is 15.1. The van der Waals surface area contributed by atoms with E-state index >= 15 is 4.39 Å². The van der Waals surface area contributed by atoms with E-state index in [0.717, 1.165) is 25.7 Å². The highest BCUT2D eigenvalue weighted by Gasteiger charge is 2.39. The minimum Gasteiger partial charge on any atom is -0.449 e. The van der Waals surface area contributed by atoms with E-state index in [1.165, 1.54) is 19.3 Å². The molecule has 8 heteroatoms. The molecule has 1 N–H and O–H groups in total. The summed E-state index contributed by atoms with van der Waals surface area (Å²) in [6.07, 6.45) is 6.75. The first-order valence-corrected chi connectivity index (χ1v) is 12.4. The number of nitrogens with zero attached hydrogens (tertiary/aromatic N) is 2. The van der Waals surface area contributed by atoms with Gasteiger partial charge in [0.05, 0.1) is 6.61 Å². The number of nitrogens with one attached hydrogen (secondary N) is 1. The zero-order chi connectivity index (χ0) is 23.3. The summed E-state index contributed by atoms with van der Waals surface area (Å²) in [6, 6.07) is -0.263. The Morgan fingerprint density at radius 1 is 1.09 bits per heavy atom. The predicted molar refractivity (Wildman–Crippen MR) is 121 cm³/mol. The standard InChI is InChI=1S/C24H42FN3O4/c1-24(2,3)32-23(30)28-13-12-19(15-28)27(4)21-11-10-18(14-20(21)25)26-22(29)31-16-17-8-6-5-7-9-17/h17-21H,5-16H2,1-4H3,(H,26,29). The molecular weight excluding hydrogens is 413 g/mol. The molecule has 1 aliphatic heterocycles. The fourth-order valence-electron chi connectivity index (χ4n) is 5.28. The van der Waals surface area contributed by atoms with Crippen LogP contribution in [0.2, 0.25) is 0 Å². The van der Waals surface area contributed by atoms with E-state index < -0.39 is 17.9 Å². The third-order valence-corrected chi connectivity index (χ3v) is 7.15. The molecule has 0 aromatic rings. The molecule has 1 heterocycles. The molecule has 0 aromatic heterocycles. The summed E-state index contributed by atoms with van der Waals surface area (Å²) in [7, 11) is 1.95. The SMILES string of the molecule is CN(C1CCN(C(=O)OC(C)(C)C)C1)C1CCC(NC(=O)OCC2CCCCC2)CC1F. The molecule has 3 rings (SSSR count). The number of ether oxygens (including phenoxy) is 2. The largest absolute Gasteiger partial charge is 0.449 e. The number of carbonyl (C=O) groups excluding carboxylic acids is 2. The summed E-state index contributed by atoms with van der Waals surface area (Å²) in [5.74, 6) is 0.472. The topological polar surface area (TPSA) is 71.1 Å². The van der Waals surface area contributed by atoms with Crippen molar-refractivity contribution in [3.8, 4) is 0 Å². The van der Waals surface area contributed by atoms with Crippen LogP contribution in [0.25, 0.3) is 0 Å². The second-order valence-electron chi connectivity index (χ2n) is 10.9. The average molecular weight is 456 g/mol. The molecule has 3 aliphatic rings. The maximum atomic E-state index is 15.1. The lowest BCUT2D eigenvalue weighted by Crippen LogP contribution is -2.52. The van der Waals surface area contributed by atoms with E-state index in [1.54, 1.807) is 4.90 Å². The van der Waals surface area contributed by atoms with Crippen molar-refractivity contribution in [1.82, 2.24) is 15.1 Å². The Morgan fingerprint density at radius 2 is 1.81 bits per heavy atom. The first kappa shape index (κ1) is 25.1. The minimum absolute atomic E-state index is 0.121. The van der Waals surface area contributed by atoms with Crippen LogP contribution in [0.1, 0.15) is 78.6 Å². The highest BCUT2D eigenvalue weighted by Crippen LogP contribution is 2.29. The van der Waals surface area contributed by atoms with E-state index in [-0.39, 0.29) is 24.2 Å². The Balaban J connectivity index is 1.40. The van der Waals surface area contributed by atoms with Crippen LogP contribution < -0.4 is 5.32 Å². The van der Waals surface area contributed by atoms with Crippen molar-refractivity contribution >= 4 is 12.2 Å². The van der Waals surface area contributed by atoms with E-state index in [4.69, 9.17) is 9.47 Å². The van der Waals surface area contributed by atoms with Crippen LogP contribution in [0.5, 0.6) is 0 Å². The van der Waals surface area contributed by atoms with Gasteiger partial charge in [-0.1, -0.05) is 19.3 Å². The lowest BCUT2D eigenvalue weighted by Gasteiger charge is -2.40. The number of rotatable bonds is 5. The molecule has 32 heavy (non-hydrogen) atoms. The molecular formula is C24H42FN3O4. The third kappa shape index (κ3) is 7.22. The first-order valence-electron chi connectivity index (χ1n) is 12.4. The van der Waals surface area contributed by atoms with Crippen LogP contribution in [0.3, 0.4) is 0 Å². The van der Waals surface area contributed by atoms with Gasteiger partial charge in [-0.25, -0.2) is 14.0 Å². The smallest absolute Gasteiger partial charge is 0.410 e. The Hall–Kier alpha value is -1.57. The van der Waals surface area contributed by atoms with Gasteiger partial charge in [0.1, 0.15) is 11.8 Å². The zero-order valence-electron chi connectivity index (χ0n) is 20.3. The van der Waals surface area contributed by atoms with Gasteiger partial charge in [-0.05, 0) is 65.8 Å². The molecule has 0 radical (unpaired) electrons. The quantitative estimate of drug-likeness (QED) is 0.661. The molecule has 0 bridgehead atoms. The van der Waals surface area contributed by atoms with Crippen molar-refractivity contribution in [2.45, 2.75) is 108 Å². The van der Waals surface area contributed by atoms with E-state index in [9.17, 15) is 9.59 Å². The monoisotopic (exact) mass is 455 g/mol. The van der Waals surface area contributed by atoms with Crippen LogP contribution in [-0.2, 0) is 9.47 Å². The molecule has 4 unspecified atom stereocenters. The summed E-state index contributed by atoms with van der Waals surface area (Å²) < 4.78 is 25.9. The fraction of sp³-hybridized carbons (Fsp3) is 0.917. The van der Waals surface area contributed by atoms with E-state index in [2.05, 4.69) is 10.2 Å². The number of alkyl halides is 1. The maximum Gasteiger partial charge on any atom is 0.410 e. The van der Waals surface area contributed by atoms with Gasteiger partial charge in [-0.3, -0.25) is 4.90 Å². The molecule has 7 nitrogen and oxygen atoms in total. The zero-order valence-corrected chi connectivity index (χ0v) is 20.3. The lowest BCUT2D eigenvalue weighted by molar-refractivity contribution is 0.0249. The number of carbonyl (C=O) groups is 2. The molecule has 0 aromatic carbocycles. The highest BCUT2D eigenvalue weighted by atomic mass is 19.1. The number of likely N-dealkylation sites (tertiary alicyclic amines) is 1. The van der Waals surface area contributed by atoms with Gasteiger partial charge in [0.2, 0.25) is 0 Å². The van der Waals surface area contributed by atoms with Crippen molar-refractivity contribution in [3.05, 3.63) is 0 Å². The molecule has 0 spiro atoms. The number of hydrogen-bond acceptors (Lipinski definition) is 5. The molecule has 3 fully saturated rings. The van der Waals surface area contributed by atoms with Gasteiger partial charge in [-0.2, -0.15) is 0 Å². The van der Waals surface area contributed by atoms with Crippen molar-refractivity contribution in [1.29, 1.82) is 0 Å². The van der Waals surface area contributed by atoms with Gasteiger partial charge < -0.3 is 19.7 Å². The van der Waals surface area contributed by atoms with Crippen LogP contribution in [0, 0.1) is 5.92 Å². The lowest BCUT2D eigenvalue weighted by atomic mass is 9.88. The van der Waals surface area contributed by atoms with E-state index in [0.29, 0.717) is 38.5 Å². The van der Waals surface area contributed by atoms with Gasteiger partial charge in [-0.15, -0.1) is 0 Å². The van der Waals surface area contributed by atoms with Crippen LogP contribution >= 0.6 is 0 Å². The van der Waals surface area contributed by atoms with Gasteiger partial charge in [0, 0.05) is 37.6 Å². The highest BCUT2D eigenvalue weighted by molar-refractivity contribution is 5.68. The number of amides is 2. The number of hydrogen-bond donors (Lipinski definition) is 1. The third-order valence-electron chi connectivity index (χ3n) is 7.15. The number of likely N-dealkylation sites (N-methyl/N-ethyl adjacent to an activating group) is 1. The van der Waals surface area contributed by atoms with E-state index in [1.807, 2.05) is 27.8 Å². The van der Waals surface area contributed by atoms with Gasteiger partial charge >= 0.3 is 12.2 Å².